The summed E-state index contributed by atoms with van der Waals surface area (Å²) in [5, 5.41) is 11.3. The Balaban J connectivity index is 1.77. The number of carbonyl (C=O) groups excluding carboxylic acids is 1. The smallest absolute Gasteiger partial charge is 0.272 e. The highest BCUT2D eigenvalue weighted by atomic mass is 16.2. The van der Waals surface area contributed by atoms with Gasteiger partial charge in [-0.3, -0.25) is 9.89 Å². The first-order valence-electron chi connectivity index (χ1n) is 8.08. The van der Waals surface area contributed by atoms with E-state index in [2.05, 4.69) is 20.7 Å². The van der Waals surface area contributed by atoms with Crippen LogP contribution in [0.1, 0.15) is 34.1 Å². The van der Waals surface area contributed by atoms with Gasteiger partial charge in [-0.15, -0.1) is 0 Å². The van der Waals surface area contributed by atoms with Crippen molar-refractivity contribution in [3.63, 3.8) is 0 Å². The Morgan fingerprint density at radius 3 is 2.40 bits per heavy atom. The van der Waals surface area contributed by atoms with Gasteiger partial charge < -0.3 is 0 Å². The standard InChI is InChI=1S/C20H20N4O/c1-13-9-11-16(12-10-13)15(3)21-24-20(25)19-14(2)18(22-23-19)17-7-5-4-6-8-17/h4-12H,1-3H3,(H,22,23)(H,24,25). The van der Waals surface area contributed by atoms with Crippen LogP contribution >= 0.6 is 0 Å². The molecule has 2 N–H and O–H groups in total. The first-order chi connectivity index (χ1) is 12.1. The second-order valence-corrected chi connectivity index (χ2v) is 5.94. The molecule has 1 amide bonds. The highest BCUT2D eigenvalue weighted by Crippen LogP contribution is 2.22. The second-order valence-electron chi connectivity index (χ2n) is 5.94. The number of aromatic nitrogens is 2. The van der Waals surface area contributed by atoms with Crippen LogP contribution in [0, 0.1) is 13.8 Å². The first kappa shape index (κ1) is 16.6. The Kier molecular flexibility index (Phi) is 4.75. The van der Waals surface area contributed by atoms with Crippen LogP contribution < -0.4 is 5.43 Å². The summed E-state index contributed by atoms with van der Waals surface area (Å²) >= 11 is 0. The molecule has 0 aliphatic carbocycles. The molecule has 3 aromatic rings. The van der Waals surface area contributed by atoms with Crippen molar-refractivity contribution >= 4 is 11.6 Å². The van der Waals surface area contributed by atoms with E-state index in [1.165, 1.54) is 5.56 Å². The lowest BCUT2D eigenvalue weighted by Crippen LogP contribution is -2.20. The molecule has 0 spiro atoms. The van der Waals surface area contributed by atoms with Gasteiger partial charge >= 0.3 is 0 Å². The minimum atomic E-state index is -0.307. The lowest BCUT2D eigenvalue weighted by Gasteiger charge is -2.03. The molecule has 0 saturated carbocycles. The number of aryl methyl sites for hydroxylation is 1. The van der Waals surface area contributed by atoms with Gasteiger partial charge in [0, 0.05) is 11.1 Å². The number of nitrogens with one attached hydrogen (secondary N) is 2. The molecule has 0 bridgehead atoms. The second kappa shape index (κ2) is 7.13. The zero-order chi connectivity index (χ0) is 17.8. The van der Waals surface area contributed by atoms with Crippen LogP contribution in [0.15, 0.2) is 59.7 Å². The van der Waals surface area contributed by atoms with E-state index in [0.717, 1.165) is 28.1 Å². The molecule has 0 atom stereocenters. The summed E-state index contributed by atoms with van der Waals surface area (Å²) in [6.07, 6.45) is 0. The summed E-state index contributed by atoms with van der Waals surface area (Å²) in [5.74, 6) is -0.307. The van der Waals surface area contributed by atoms with Gasteiger partial charge in [-0.2, -0.15) is 10.2 Å². The lowest BCUT2D eigenvalue weighted by atomic mass is 10.1. The summed E-state index contributed by atoms with van der Waals surface area (Å²) < 4.78 is 0. The molecule has 5 nitrogen and oxygen atoms in total. The number of benzene rings is 2. The van der Waals surface area contributed by atoms with E-state index in [1.807, 2.05) is 75.4 Å². The monoisotopic (exact) mass is 332 g/mol. The largest absolute Gasteiger partial charge is 0.289 e. The van der Waals surface area contributed by atoms with Crippen LogP contribution in [0.4, 0.5) is 0 Å². The zero-order valence-electron chi connectivity index (χ0n) is 14.5. The van der Waals surface area contributed by atoms with Crippen LogP contribution in [-0.4, -0.2) is 21.8 Å². The van der Waals surface area contributed by atoms with E-state index in [1.54, 1.807) is 0 Å². The normalized spacial score (nSPS) is 11.4. The Morgan fingerprint density at radius 2 is 1.72 bits per heavy atom. The number of hydrogen-bond donors (Lipinski definition) is 2. The highest BCUT2D eigenvalue weighted by Gasteiger charge is 2.16. The van der Waals surface area contributed by atoms with Crippen molar-refractivity contribution in [2.75, 3.05) is 0 Å². The third-order valence-corrected chi connectivity index (χ3v) is 4.08. The van der Waals surface area contributed by atoms with Crippen molar-refractivity contribution in [1.29, 1.82) is 0 Å². The number of amides is 1. The number of hydrazone groups is 1. The zero-order valence-corrected chi connectivity index (χ0v) is 14.5. The first-order valence-corrected chi connectivity index (χ1v) is 8.08. The lowest BCUT2D eigenvalue weighted by molar-refractivity contribution is 0.0949. The predicted molar refractivity (Wildman–Crippen MR) is 99.6 cm³/mol. The molecule has 1 heterocycles. The van der Waals surface area contributed by atoms with Crippen molar-refractivity contribution in [2.24, 2.45) is 5.10 Å². The molecule has 0 radical (unpaired) electrons. The summed E-state index contributed by atoms with van der Waals surface area (Å²) in [6.45, 7) is 5.76. The number of rotatable bonds is 4. The molecule has 25 heavy (non-hydrogen) atoms. The quantitative estimate of drug-likeness (QED) is 0.563. The van der Waals surface area contributed by atoms with Gasteiger partial charge in [0.15, 0.2) is 0 Å². The van der Waals surface area contributed by atoms with Crippen molar-refractivity contribution in [1.82, 2.24) is 15.6 Å². The molecule has 0 unspecified atom stereocenters. The molecule has 1 aromatic heterocycles. The van der Waals surface area contributed by atoms with E-state index >= 15 is 0 Å². The fourth-order valence-corrected chi connectivity index (χ4v) is 2.55. The molecule has 0 fully saturated rings. The third-order valence-electron chi connectivity index (χ3n) is 4.08. The predicted octanol–water partition coefficient (Wildman–Crippen LogP) is 3.85. The minimum Gasteiger partial charge on any atom is -0.272 e. The van der Waals surface area contributed by atoms with E-state index in [9.17, 15) is 4.79 Å². The van der Waals surface area contributed by atoms with Crippen molar-refractivity contribution in [3.8, 4) is 11.3 Å². The Bertz CT molecular complexity index is 909. The maximum atomic E-state index is 12.4. The average Bonchev–Trinajstić information content (AvgIpc) is 3.02. The molecular formula is C20H20N4O. The van der Waals surface area contributed by atoms with Crippen molar-refractivity contribution < 1.29 is 4.79 Å². The highest BCUT2D eigenvalue weighted by molar-refractivity contribution is 6.01. The van der Waals surface area contributed by atoms with Gasteiger partial charge in [0.1, 0.15) is 5.69 Å². The molecular weight excluding hydrogens is 312 g/mol. The average molecular weight is 332 g/mol. The number of aromatic amines is 1. The van der Waals surface area contributed by atoms with E-state index < -0.39 is 0 Å². The maximum Gasteiger partial charge on any atom is 0.289 e. The van der Waals surface area contributed by atoms with Gasteiger partial charge in [-0.25, -0.2) is 5.43 Å². The summed E-state index contributed by atoms with van der Waals surface area (Å²) in [7, 11) is 0. The molecule has 3 rings (SSSR count). The van der Waals surface area contributed by atoms with Gasteiger partial charge in [-0.05, 0) is 26.3 Å². The summed E-state index contributed by atoms with van der Waals surface area (Å²) in [4.78, 5) is 12.4. The minimum absolute atomic E-state index is 0.307. The van der Waals surface area contributed by atoms with E-state index in [-0.39, 0.29) is 5.91 Å². The number of carbonyl (C=O) groups is 1. The van der Waals surface area contributed by atoms with Crippen molar-refractivity contribution in [2.45, 2.75) is 20.8 Å². The fourth-order valence-electron chi connectivity index (χ4n) is 2.55. The molecule has 0 aliphatic heterocycles. The molecule has 0 aliphatic rings. The Morgan fingerprint density at radius 1 is 1.04 bits per heavy atom. The molecule has 5 heteroatoms. The third kappa shape index (κ3) is 3.66. The van der Waals surface area contributed by atoms with Crippen LogP contribution in [-0.2, 0) is 0 Å². The summed E-state index contributed by atoms with van der Waals surface area (Å²) in [5.41, 5.74) is 8.44. The fraction of sp³-hybridized carbons (Fsp3) is 0.150. The number of hydrogen-bond acceptors (Lipinski definition) is 3. The summed E-state index contributed by atoms with van der Waals surface area (Å²) in [6, 6.07) is 17.8. The Labute approximate surface area is 146 Å². The van der Waals surface area contributed by atoms with Crippen LogP contribution in [0.2, 0.25) is 0 Å². The van der Waals surface area contributed by atoms with Gasteiger partial charge in [0.25, 0.3) is 5.91 Å². The van der Waals surface area contributed by atoms with Crippen LogP contribution in [0.5, 0.6) is 0 Å². The van der Waals surface area contributed by atoms with Crippen LogP contribution in [0.25, 0.3) is 11.3 Å². The van der Waals surface area contributed by atoms with E-state index in [4.69, 9.17) is 0 Å². The molecule has 0 saturated heterocycles. The molecule has 126 valence electrons. The topological polar surface area (TPSA) is 70.1 Å². The van der Waals surface area contributed by atoms with Gasteiger partial charge in [0.2, 0.25) is 0 Å². The molecule has 2 aromatic carbocycles. The maximum absolute atomic E-state index is 12.4. The van der Waals surface area contributed by atoms with Crippen molar-refractivity contribution in [3.05, 3.63) is 77.0 Å². The number of H-pyrrole nitrogens is 1. The van der Waals surface area contributed by atoms with Gasteiger partial charge in [-0.1, -0.05) is 60.2 Å². The Hall–Kier alpha value is -3.21. The van der Waals surface area contributed by atoms with E-state index in [0.29, 0.717) is 5.69 Å². The number of nitrogens with zero attached hydrogens (tertiary/aromatic N) is 2. The van der Waals surface area contributed by atoms with Crippen LogP contribution in [0.3, 0.4) is 0 Å². The van der Waals surface area contributed by atoms with Gasteiger partial charge in [0.05, 0.1) is 11.4 Å². The SMILES string of the molecule is CC(=NNC(=O)c1[nH]nc(-c2ccccc2)c1C)c1ccc(C)cc1.